The zero-order chi connectivity index (χ0) is 43.6. The van der Waals surface area contributed by atoms with Crippen molar-refractivity contribution in [3.05, 3.63) is 107 Å². The van der Waals surface area contributed by atoms with Crippen molar-refractivity contribution in [2.24, 2.45) is 0 Å². The zero-order valence-corrected chi connectivity index (χ0v) is 40.0. The number of nitrogens with one attached hydrogen (secondary N) is 2. The number of aromatic nitrogens is 6. The van der Waals surface area contributed by atoms with Gasteiger partial charge in [0.1, 0.15) is 21.3 Å². The SMILES string of the molecule is O=S(=O)(O)c1ccc(Oc2nc(Cl)nc(Nc3ccc(C=Cc4ccc(Nc5nc(Cl)nc(Oc6ccc(S(=O)(=O)O)cc6)n5)cc4S(=O)(=O)O)c(S(=O)(=O)O)c3)n2)cc1.[Na].[Na]. The van der Waals surface area contributed by atoms with Gasteiger partial charge in [-0.05, 0) is 107 Å². The van der Waals surface area contributed by atoms with Gasteiger partial charge in [0.2, 0.25) is 22.5 Å². The number of rotatable bonds is 14. The topological polar surface area (TPSA) is 337 Å². The molecule has 6 aromatic rings. The number of hydrogen-bond acceptors (Lipinski definition) is 18. The van der Waals surface area contributed by atoms with Gasteiger partial charge in [-0.15, -0.1) is 0 Å². The second-order valence-electron chi connectivity index (χ2n) is 11.6. The van der Waals surface area contributed by atoms with E-state index < -0.39 is 60.1 Å². The molecule has 2 heterocycles. The van der Waals surface area contributed by atoms with E-state index in [1.807, 2.05) is 0 Å². The van der Waals surface area contributed by atoms with Crippen LogP contribution < -0.4 is 20.1 Å². The Morgan fingerprint density at radius 3 is 1.11 bits per heavy atom. The first-order valence-electron chi connectivity index (χ1n) is 15.8. The molecule has 0 atom stereocenters. The van der Waals surface area contributed by atoms with Crippen molar-refractivity contribution in [2.75, 3.05) is 10.6 Å². The van der Waals surface area contributed by atoms with E-state index in [4.69, 9.17) is 41.8 Å². The van der Waals surface area contributed by atoms with Gasteiger partial charge in [0.25, 0.3) is 40.5 Å². The Morgan fingerprint density at radius 1 is 0.468 bits per heavy atom. The van der Waals surface area contributed by atoms with Crippen molar-refractivity contribution in [3.63, 3.8) is 0 Å². The molecule has 2 aromatic heterocycles. The summed E-state index contributed by atoms with van der Waals surface area (Å²) >= 11 is 12.0. The summed E-state index contributed by atoms with van der Waals surface area (Å²) in [6.45, 7) is 0. The molecule has 30 heteroatoms. The molecule has 4 aromatic carbocycles. The molecule has 6 N–H and O–H groups in total. The molecule has 0 aliphatic carbocycles. The Labute approximate surface area is 405 Å². The molecule has 0 amide bonds. The van der Waals surface area contributed by atoms with E-state index in [-0.39, 0.29) is 128 Å². The molecular formula is C32H22Cl2N8Na2O14S4. The summed E-state index contributed by atoms with van der Waals surface area (Å²) in [7, 11) is -18.8. The van der Waals surface area contributed by atoms with Crippen molar-refractivity contribution in [3.8, 4) is 23.5 Å². The predicted octanol–water partition coefficient (Wildman–Crippen LogP) is 4.83. The third kappa shape index (κ3) is 13.8. The normalized spacial score (nSPS) is 11.9. The fraction of sp³-hybridized carbons (Fsp3) is 0. The average Bonchev–Trinajstić information content (AvgIpc) is 3.13. The van der Waals surface area contributed by atoms with Crippen LogP contribution >= 0.6 is 23.2 Å². The van der Waals surface area contributed by atoms with Crippen LogP contribution in [0.15, 0.2) is 105 Å². The second-order valence-corrected chi connectivity index (χ2v) is 17.9. The summed E-state index contributed by atoms with van der Waals surface area (Å²) < 4.78 is 144. The number of ether oxygens (including phenoxy) is 2. The van der Waals surface area contributed by atoms with Crippen LogP contribution in [0.2, 0.25) is 10.6 Å². The first-order chi connectivity index (χ1) is 28.0. The van der Waals surface area contributed by atoms with E-state index in [2.05, 4.69) is 40.5 Å². The fourth-order valence-corrected chi connectivity index (χ4v) is 7.51. The minimum absolute atomic E-state index is 0. The van der Waals surface area contributed by atoms with Crippen LogP contribution in [0.3, 0.4) is 0 Å². The minimum Gasteiger partial charge on any atom is -0.424 e. The molecule has 0 aliphatic heterocycles. The number of nitrogens with zero attached hydrogens (tertiary/aromatic N) is 6. The van der Waals surface area contributed by atoms with Crippen molar-refractivity contribution < 1.29 is 61.4 Å². The van der Waals surface area contributed by atoms with E-state index in [0.717, 1.165) is 48.6 Å². The first kappa shape index (κ1) is 50.7. The first-order valence-corrected chi connectivity index (χ1v) is 22.3. The smallest absolute Gasteiger partial charge is 0.328 e. The summed E-state index contributed by atoms with van der Waals surface area (Å²) in [4.78, 5) is 21.3. The van der Waals surface area contributed by atoms with Gasteiger partial charge in [0.05, 0.1) is 9.79 Å². The molecule has 0 fully saturated rings. The van der Waals surface area contributed by atoms with E-state index in [0.29, 0.717) is 0 Å². The Morgan fingerprint density at radius 2 is 0.806 bits per heavy atom. The molecule has 62 heavy (non-hydrogen) atoms. The van der Waals surface area contributed by atoms with Crippen molar-refractivity contribution >= 4 is 158 Å². The van der Waals surface area contributed by atoms with Gasteiger partial charge in [-0.2, -0.15) is 63.6 Å². The van der Waals surface area contributed by atoms with Crippen LogP contribution in [-0.4, -0.2) is 141 Å². The Hall–Kier alpha value is -3.94. The Balaban J connectivity index is 0.00000422. The summed E-state index contributed by atoms with van der Waals surface area (Å²) in [5, 5.41) is 4.61. The van der Waals surface area contributed by atoms with Crippen molar-refractivity contribution in [1.29, 1.82) is 0 Å². The average molecular weight is 988 g/mol. The molecule has 0 bridgehead atoms. The molecule has 0 unspecified atom stereocenters. The fourth-order valence-electron chi connectivity index (χ4n) is 4.82. The van der Waals surface area contributed by atoms with Crippen LogP contribution in [-0.2, 0) is 40.5 Å². The quantitative estimate of drug-likeness (QED) is 0.0483. The number of halogens is 2. The Bertz CT molecular complexity index is 2930. The second kappa shape index (κ2) is 20.3. The van der Waals surface area contributed by atoms with Crippen LogP contribution in [0.4, 0.5) is 23.3 Å². The largest absolute Gasteiger partial charge is 0.424 e. The van der Waals surface area contributed by atoms with Gasteiger partial charge in [-0.3, -0.25) is 18.2 Å². The summed E-state index contributed by atoms with van der Waals surface area (Å²) in [6.07, 6.45) is 2.28. The van der Waals surface area contributed by atoms with E-state index in [1.165, 1.54) is 48.5 Å². The standard InChI is InChI=1S/C32H22Cl2N8O14S4.2Na/c33-27-37-29(41-31(39-27)55-21-7-11-23(12-8-21)57(43,44)45)35-19-5-3-17(25(15-19)59(49,50)51)1-2-18-4-6-20(16-26(18)60(52,53)54)36-30-38-28(34)40-32(42-30)56-22-9-13-24(14-10-22)58(46,47)48;;/h1-16H,(H,43,44,45)(H,46,47,48)(H,49,50,51)(H,52,53,54)(H,35,37,39,41)(H,36,38,40,42);;. The molecule has 314 valence electrons. The number of hydrogen-bond donors (Lipinski definition) is 6. The maximum absolute atomic E-state index is 12.5. The third-order valence-corrected chi connectivity index (χ3v) is 11.3. The van der Waals surface area contributed by atoms with E-state index >= 15 is 0 Å². The van der Waals surface area contributed by atoms with Crippen LogP contribution in [0, 0.1) is 0 Å². The van der Waals surface area contributed by atoms with Crippen LogP contribution in [0.5, 0.6) is 23.5 Å². The molecule has 6 rings (SSSR count). The maximum Gasteiger partial charge on any atom is 0.328 e. The molecule has 0 saturated carbocycles. The van der Waals surface area contributed by atoms with Crippen molar-refractivity contribution in [2.45, 2.75) is 19.6 Å². The van der Waals surface area contributed by atoms with Gasteiger partial charge < -0.3 is 20.1 Å². The molecule has 2 radical (unpaired) electrons. The molecule has 0 saturated heterocycles. The summed E-state index contributed by atoms with van der Waals surface area (Å²) in [5.41, 5.74) is -0.279. The van der Waals surface area contributed by atoms with Gasteiger partial charge in [0.15, 0.2) is 0 Å². The monoisotopic (exact) mass is 986 g/mol. The summed E-state index contributed by atoms with van der Waals surface area (Å²) in [5.74, 6) is -0.424. The summed E-state index contributed by atoms with van der Waals surface area (Å²) in [6, 6.07) is 15.4. The van der Waals surface area contributed by atoms with Crippen LogP contribution in [0.1, 0.15) is 11.1 Å². The van der Waals surface area contributed by atoms with Gasteiger partial charge in [-0.25, -0.2) is 0 Å². The minimum atomic E-state index is -4.95. The van der Waals surface area contributed by atoms with E-state index in [1.54, 1.807) is 0 Å². The number of anilines is 4. The predicted molar refractivity (Wildman–Crippen MR) is 222 cm³/mol. The number of benzene rings is 4. The van der Waals surface area contributed by atoms with Gasteiger partial charge in [0, 0.05) is 70.5 Å². The van der Waals surface area contributed by atoms with Crippen LogP contribution in [0.25, 0.3) is 12.2 Å². The van der Waals surface area contributed by atoms with E-state index in [9.17, 15) is 42.8 Å². The molecule has 0 aliphatic rings. The third-order valence-electron chi connectivity index (χ3n) is 7.37. The zero-order valence-electron chi connectivity index (χ0n) is 31.2. The Kier molecular flexibility index (Phi) is 16.6. The molecular weight excluding hydrogens is 966 g/mol. The van der Waals surface area contributed by atoms with Gasteiger partial charge in [-0.1, -0.05) is 24.3 Å². The van der Waals surface area contributed by atoms with Crippen molar-refractivity contribution in [1.82, 2.24) is 29.9 Å². The maximum atomic E-state index is 12.5. The molecule has 22 nitrogen and oxygen atoms in total. The van der Waals surface area contributed by atoms with Gasteiger partial charge >= 0.3 is 12.0 Å². The molecule has 0 spiro atoms.